The number of carbonyl (C=O) groups excluding carboxylic acids is 3. The number of ether oxygens (including phenoxy) is 1. The summed E-state index contributed by atoms with van der Waals surface area (Å²) in [4.78, 5) is 34.9. The zero-order valence-corrected chi connectivity index (χ0v) is 10.8. The van der Waals surface area contributed by atoms with Gasteiger partial charge in [0.05, 0.1) is 17.0 Å². The van der Waals surface area contributed by atoms with Crippen molar-refractivity contribution in [1.29, 1.82) is 0 Å². The number of amides is 2. The normalized spacial score (nSPS) is 18.6. The molecular weight excluding hydrogens is 260 g/mol. The second-order valence-corrected chi connectivity index (χ2v) is 4.94. The summed E-state index contributed by atoms with van der Waals surface area (Å²) >= 11 is 0. The van der Waals surface area contributed by atoms with Crippen LogP contribution in [0.15, 0.2) is 18.2 Å². The molecule has 0 aliphatic carbocycles. The van der Waals surface area contributed by atoms with Crippen LogP contribution in [0.3, 0.4) is 0 Å². The first kappa shape index (κ1) is 12.8. The van der Waals surface area contributed by atoms with E-state index >= 15 is 0 Å². The van der Waals surface area contributed by atoms with Gasteiger partial charge in [-0.05, 0) is 44.1 Å². The number of imide groups is 1. The molecule has 2 aliphatic rings. The van der Waals surface area contributed by atoms with Gasteiger partial charge in [0.25, 0.3) is 11.8 Å². The molecule has 0 spiro atoms. The molecule has 1 fully saturated rings. The zero-order chi connectivity index (χ0) is 14.1. The third-order valence-electron chi connectivity index (χ3n) is 3.60. The van der Waals surface area contributed by atoms with Crippen molar-refractivity contribution >= 4 is 17.8 Å². The number of piperidine rings is 1. The van der Waals surface area contributed by atoms with Crippen LogP contribution in [-0.2, 0) is 4.79 Å². The van der Waals surface area contributed by atoms with Crippen molar-refractivity contribution in [1.82, 2.24) is 10.6 Å². The molecule has 104 valence electrons. The lowest BCUT2D eigenvalue weighted by Crippen LogP contribution is -2.33. The Bertz CT molecular complexity index is 591. The molecule has 0 unspecified atom stereocenters. The molecule has 0 saturated carbocycles. The topological polar surface area (TPSA) is 84.5 Å². The van der Waals surface area contributed by atoms with E-state index in [0.29, 0.717) is 11.3 Å². The van der Waals surface area contributed by atoms with Crippen LogP contribution in [0.1, 0.15) is 33.6 Å². The Balaban J connectivity index is 1.75. The third-order valence-corrected chi connectivity index (χ3v) is 3.60. The van der Waals surface area contributed by atoms with Crippen molar-refractivity contribution in [3.05, 3.63) is 29.3 Å². The number of carbonyl (C=O) groups is 3. The molecule has 2 amide bonds. The summed E-state index contributed by atoms with van der Waals surface area (Å²) in [5, 5.41) is 5.38. The fourth-order valence-electron chi connectivity index (χ4n) is 2.47. The highest BCUT2D eigenvalue weighted by Gasteiger charge is 2.28. The van der Waals surface area contributed by atoms with Gasteiger partial charge in [0.2, 0.25) is 0 Å². The van der Waals surface area contributed by atoms with Crippen LogP contribution < -0.4 is 15.4 Å². The average molecular weight is 274 g/mol. The van der Waals surface area contributed by atoms with E-state index < -0.39 is 11.8 Å². The minimum absolute atomic E-state index is 0.111. The summed E-state index contributed by atoms with van der Waals surface area (Å²) in [6.07, 6.45) is 1.51. The van der Waals surface area contributed by atoms with Gasteiger partial charge in [0.1, 0.15) is 5.75 Å². The van der Waals surface area contributed by atoms with Crippen LogP contribution in [0.5, 0.6) is 5.75 Å². The molecule has 0 bridgehead atoms. The second kappa shape index (κ2) is 5.05. The third kappa shape index (κ3) is 2.30. The minimum atomic E-state index is -0.454. The molecule has 2 aliphatic heterocycles. The molecule has 0 atom stereocenters. The monoisotopic (exact) mass is 274 g/mol. The van der Waals surface area contributed by atoms with E-state index in [9.17, 15) is 14.4 Å². The number of nitrogens with one attached hydrogen (secondary N) is 2. The van der Waals surface area contributed by atoms with E-state index in [-0.39, 0.29) is 17.5 Å². The van der Waals surface area contributed by atoms with E-state index in [0.717, 1.165) is 25.9 Å². The highest BCUT2D eigenvalue weighted by Crippen LogP contribution is 2.23. The Morgan fingerprint density at radius 1 is 1.10 bits per heavy atom. The highest BCUT2D eigenvalue weighted by molar-refractivity contribution is 6.21. The SMILES string of the molecule is O=C1NC(=O)c2cc(OC(=O)C3CCNCC3)ccc21. The summed E-state index contributed by atoms with van der Waals surface area (Å²) in [7, 11) is 0. The molecule has 6 heteroatoms. The van der Waals surface area contributed by atoms with E-state index in [1.807, 2.05) is 0 Å². The summed E-state index contributed by atoms with van der Waals surface area (Å²) in [6, 6.07) is 4.48. The molecule has 1 saturated heterocycles. The van der Waals surface area contributed by atoms with E-state index in [1.54, 1.807) is 0 Å². The molecule has 2 N–H and O–H groups in total. The average Bonchev–Trinajstić information content (AvgIpc) is 2.75. The van der Waals surface area contributed by atoms with E-state index in [2.05, 4.69) is 10.6 Å². The quantitative estimate of drug-likeness (QED) is 0.465. The van der Waals surface area contributed by atoms with Gasteiger partial charge in [-0.15, -0.1) is 0 Å². The zero-order valence-electron chi connectivity index (χ0n) is 10.8. The van der Waals surface area contributed by atoms with Crippen molar-refractivity contribution < 1.29 is 19.1 Å². The maximum absolute atomic E-state index is 12.0. The number of hydrogen-bond acceptors (Lipinski definition) is 5. The summed E-state index contributed by atoms with van der Waals surface area (Å²) in [5.41, 5.74) is 0.572. The fraction of sp³-hybridized carbons (Fsp3) is 0.357. The first-order valence-corrected chi connectivity index (χ1v) is 6.57. The predicted octanol–water partition coefficient (Wildman–Crippen LogP) is 0.475. The fourth-order valence-corrected chi connectivity index (χ4v) is 2.47. The maximum atomic E-state index is 12.0. The number of rotatable bonds is 2. The van der Waals surface area contributed by atoms with Crippen molar-refractivity contribution in [2.24, 2.45) is 5.92 Å². The van der Waals surface area contributed by atoms with Crippen LogP contribution in [0.4, 0.5) is 0 Å². The highest BCUT2D eigenvalue weighted by atomic mass is 16.5. The van der Waals surface area contributed by atoms with Gasteiger partial charge in [-0.25, -0.2) is 0 Å². The molecule has 6 nitrogen and oxygen atoms in total. The van der Waals surface area contributed by atoms with Gasteiger partial charge in [0.15, 0.2) is 0 Å². The van der Waals surface area contributed by atoms with Crippen molar-refractivity contribution in [2.75, 3.05) is 13.1 Å². The molecule has 0 aromatic heterocycles. The van der Waals surface area contributed by atoms with Gasteiger partial charge in [-0.2, -0.15) is 0 Å². The van der Waals surface area contributed by atoms with Crippen molar-refractivity contribution in [2.45, 2.75) is 12.8 Å². The number of esters is 1. The molecule has 20 heavy (non-hydrogen) atoms. The lowest BCUT2D eigenvalue weighted by atomic mass is 9.98. The van der Waals surface area contributed by atoms with Gasteiger partial charge in [-0.3, -0.25) is 19.7 Å². The molecule has 1 aromatic rings. The Morgan fingerprint density at radius 3 is 2.55 bits per heavy atom. The van der Waals surface area contributed by atoms with Gasteiger partial charge >= 0.3 is 5.97 Å². The van der Waals surface area contributed by atoms with Crippen LogP contribution in [0.25, 0.3) is 0 Å². The molecule has 1 aromatic carbocycles. The first-order valence-electron chi connectivity index (χ1n) is 6.57. The number of fused-ring (bicyclic) bond motifs is 1. The first-order chi connectivity index (χ1) is 9.65. The number of benzene rings is 1. The van der Waals surface area contributed by atoms with Crippen LogP contribution >= 0.6 is 0 Å². The Hall–Kier alpha value is -2.21. The minimum Gasteiger partial charge on any atom is -0.426 e. The van der Waals surface area contributed by atoms with Crippen LogP contribution in [0.2, 0.25) is 0 Å². The lowest BCUT2D eigenvalue weighted by Gasteiger charge is -2.20. The summed E-state index contributed by atoms with van der Waals surface area (Å²) in [6.45, 7) is 1.61. The Labute approximate surface area is 115 Å². The van der Waals surface area contributed by atoms with E-state index in [4.69, 9.17) is 4.74 Å². The molecule has 2 heterocycles. The lowest BCUT2D eigenvalue weighted by molar-refractivity contribution is -0.139. The molecular formula is C14H14N2O4. The van der Waals surface area contributed by atoms with Gasteiger partial charge in [-0.1, -0.05) is 0 Å². The summed E-state index contributed by atoms with van der Waals surface area (Å²) < 4.78 is 5.30. The Morgan fingerprint density at radius 2 is 1.80 bits per heavy atom. The number of hydrogen-bond donors (Lipinski definition) is 2. The Kier molecular flexibility index (Phi) is 3.23. The van der Waals surface area contributed by atoms with Crippen LogP contribution in [-0.4, -0.2) is 30.9 Å². The van der Waals surface area contributed by atoms with Crippen molar-refractivity contribution in [3.8, 4) is 5.75 Å². The molecule has 3 rings (SSSR count). The van der Waals surface area contributed by atoms with Crippen molar-refractivity contribution in [3.63, 3.8) is 0 Å². The predicted molar refractivity (Wildman–Crippen MR) is 69.5 cm³/mol. The van der Waals surface area contributed by atoms with E-state index in [1.165, 1.54) is 18.2 Å². The van der Waals surface area contributed by atoms with Gasteiger partial charge in [0, 0.05) is 0 Å². The summed E-state index contributed by atoms with van der Waals surface area (Å²) in [5.74, 6) is -0.959. The second-order valence-electron chi connectivity index (χ2n) is 4.94. The van der Waals surface area contributed by atoms with Gasteiger partial charge < -0.3 is 10.1 Å². The maximum Gasteiger partial charge on any atom is 0.314 e. The standard InChI is InChI=1S/C14H14N2O4/c17-12-10-2-1-9(7-11(10)13(18)16-12)20-14(19)8-3-5-15-6-4-8/h1-2,7-8,15H,3-6H2,(H,16,17,18). The largest absolute Gasteiger partial charge is 0.426 e. The molecule has 0 radical (unpaired) electrons. The smallest absolute Gasteiger partial charge is 0.314 e. The van der Waals surface area contributed by atoms with Crippen LogP contribution in [0, 0.1) is 5.92 Å².